The third-order valence-corrected chi connectivity index (χ3v) is 3.97. The van der Waals surface area contributed by atoms with E-state index in [2.05, 4.69) is 53.2 Å². The zero-order valence-corrected chi connectivity index (χ0v) is 13.9. The van der Waals surface area contributed by atoms with Gasteiger partial charge in [0, 0.05) is 31.1 Å². The second kappa shape index (κ2) is 7.59. The molecule has 0 aromatic carbocycles. The van der Waals surface area contributed by atoms with E-state index in [9.17, 15) is 0 Å². The van der Waals surface area contributed by atoms with Crippen molar-refractivity contribution in [1.29, 1.82) is 0 Å². The summed E-state index contributed by atoms with van der Waals surface area (Å²) in [5.74, 6) is 2.83. The van der Waals surface area contributed by atoms with E-state index < -0.39 is 0 Å². The zero-order chi connectivity index (χ0) is 15.2. The first kappa shape index (κ1) is 16.0. The molecule has 0 aliphatic carbocycles. The van der Waals surface area contributed by atoms with Crippen LogP contribution in [0.1, 0.15) is 45.0 Å². The summed E-state index contributed by atoms with van der Waals surface area (Å²) in [4.78, 5) is 11.8. The SMILES string of the molecule is CCNc1nc(CC)nc(NC(C)CN2CCCC2)c1C. The summed E-state index contributed by atoms with van der Waals surface area (Å²) in [6, 6.07) is 0.399. The Bertz CT molecular complexity index is 454. The lowest BCUT2D eigenvalue weighted by molar-refractivity contribution is 0.327. The Kier molecular flexibility index (Phi) is 5.79. The molecular formula is C16H29N5. The predicted octanol–water partition coefficient (Wildman–Crippen LogP) is 2.68. The molecule has 5 nitrogen and oxygen atoms in total. The first-order valence-electron chi connectivity index (χ1n) is 8.24. The summed E-state index contributed by atoms with van der Waals surface area (Å²) in [5, 5.41) is 6.91. The van der Waals surface area contributed by atoms with Gasteiger partial charge in [-0.25, -0.2) is 9.97 Å². The van der Waals surface area contributed by atoms with Crippen LogP contribution in [0.3, 0.4) is 0 Å². The quantitative estimate of drug-likeness (QED) is 0.809. The molecule has 0 bridgehead atoms. The van der Waals surface area contributed by atoms with Crippen LogP contribution in [0.25, 0.3) is 0 Å². The van der Waals surface area contributed by atoms with E-state index in [0.29, 0.717) is 6.04 Å². The molecule has 5 heteroatoms. The summed E-state index contributed by atoms with van der Waals surface area (Å²) < 4.78 is 0. The number of hydrogen-bond acceptors (Lipinski definition) is 5. The lowest BCUT2D eigenvalue weighted by Crippen LogP contribution is -2.33. The van der Waals surface area contributed by atoms with Crippen molar-refractivity contribution < 1.29 is 0 Å². The Morgan fingerprint density at radius 3 is 2.43 bits per heavy atom. The molecule has 1 fully saturated rings. The van der Waals surface area contributed by atoms with Crippen LogP contribution in [0.4, 0.5) is 11.6 Å². The van der Waals surface area contributed by atoms with E-state index >= 15 is 0 Å². The van der Waals surface area contributed by atoms with Crippen molar-refractivity contribution in [2.24, 2.45) is 0 Å². The second-order valence-corrected chi connectivity index (χ2v) is 5.90. The van der Waals surface area contributed by atoms with Crippen molar-refractivity contribution >= 4 is 11.6 Å². The van der Waals surface area contributed by atoms with Crippen molar-refractivity contribution in [3.8, 4) is 0 Å². The van der Waals surface area contributed by atoms with Crippen LogP contribution in [0, 0.1) is 6.92 Å². The van der Waals surface area contributed by atoms with Crippen LogP contribution in [0.5, 0.6) is 0 Å². The van der Waals surface area contributed by atoms with Crippen LogP contribution in [0.15, 0.2) is 0 Å². The molecule has 0 radical (unpaired) electrons. The molecule has 2 rings (SSSR count). The molecule has 0 spiro atoms. The van der Waals surface area contributed by atoms with Crippen molar-refractivity contribution in [2.75, 3.05) is 36.8 Å². The third-order valence-electron chi connectivity index (χ3n) is 3.97. The van der Waals surface area contributed by atoms with Crippen LogP contribution in [-0.2, 0) is 6.42 Å². The summed E-state index contributed by atoms with van der Waals surface area (Å²) in [6.07, 6.45) is 3.53. The normalized spacial score (nSPS) is 17.0. The Balaban J connectivity index is 2.08. The molecule has 2 N–H and O–H groups in total. The number of nitrogens with zero attached hydrogens (tertiary/aromatic N) is 3. The fourth-order valence-electron chi connectivity index (χ4n) is 2.83. The summed E-state index contributed by atoms with van der Waals surface area (Å²) in [6.45, 7) is 12.9. The van der Waals surface area contributed by atoms with Crippen molar-refractivity contribution in [3.63, 3.8) is 0 Å². The minimum Gasteiger partial charge on any atom is -0.370 e. The van der Waals surface area contributed by atoms with Gasteiger partial charge in [-0.1, -0.05) is 6.92 Å². The maximum atomic E-state index is 4.67. The number of anilines is 2. The van der Waals surface area contributed by atoms with E-state index in [-0.39, 0.29) is 0 Å². The molecule has 1 aliphatic heterocycles. The summed E-state index contributed by atoms with van der Waals surface area (Å²) in [7, 11) is 0. The van der Waals surface area contributed by atoms with E-state index in [0.717, 1.165) is 42.5 Å². The Labute approximate surface area is 128 Å². The zero-order valence-electron chi connectivity index (χ0n) is 13.9. The highest BCUT2D eigenvalue weighted by Gasteiger charge is 2.16. The van der Waals surface area contributed by atoms with Gasteiger partial charge in [0.2, 0.25) is 0 Å². The molecule has 1 aromatic rings. The monoisotopic (exact) mass is 291 g/mol. The van der Waals surface area contributed by atoms with E-state index in [4.69, 9.17) is 0 Å². The van der Waals surface area contributed by atoms with E-state index in [1.165, 1.54) is 25.9 Å². The minimum atomic E-state index is 0.399. The number of likely N-dealkylation sites (tertiary alicyclic amines) is 1. The first-order valence-corrected chi connectivity index (χ1v) is 8.24. The topological polar surface area (TPSA) is 53.1 Å². The molecule has 2 heterocycles. The van der Waals surface area contributed by atoms with Gasteiger partial charge in [0.15, 0.2) is 0 Å². The fraction of sp³-hybridized carbons (Fsp3) is 0.750. The number of rotatable bonds is 7. The standard InChI is InChI=1S/C16H29N5/c1-5-14-19-15(17-6-2)13(4)16(20-14)18-12(3)11-21-9-7-8-10-21/h12H,5-11H2,1-4H3,(H2,17,18,19,20). The minimum absolute atomic E-state index is 0.399. The van der Waals surface area contributed by atoms with Gasteiger partial charge in [-0.2, -0.15) is 0 Å². The van der Waals surface area contributed by atoms with Gasteiger partial charge < -0.3 is 15.5 Å². The van der Waals surface area contributed by atoms with Crippen LogP contribution in [0.2, 0.25) is 0 Å². The number of nitrogens with one attached hydrogen (secondary N) is 2. The van der Waals surface area contributed by atoms with Gasteiger partial charge in [0.05, 0.1) is 0 Å². The highest BCUT2D eigenvalue weighted by Crippen LogP contribution is 2.21. The van der Waals surface area contributed by atoms with Crippen LogP contribution in [-0.4, -0.2) is 47.1 Å². The Morgan fingerprint density at radius 2 is 1.81 bits per heavy atom. The van der Waals surface area contributed by atoms with Gasteiger partial charge in [-0.05, 0) is 46.7 Å². The average Bonchev–Trinajstić information content (AvgIpc) is 2.96. The van der Waals surface area contributed by atoms with Gasteiger partial charge >= 0.3 is 0 Å². The van der Waals surface area contributed by atoms with E-state index in [1.54, 1.807) is 0 Å². The maximum Gasteiger partial charge on any atom is 0.135 e. The average molecular weight is 291 g/mol. The maximum absolute atomic E-state index is 4.67. The van der Waals surface area contributed by atoms with Crippen molar-refractivity contribution in [2.45, 2.75) is 53.0 Å². The molecule has 1 unspecified atom stereocenters. The molecular weight excluding hydrogens is 262 g/mol. The number of aromatic nitrogens is 2. The predicted molar refractivity (Wildman–Crippen MR) is 89.1 cm³/mol. The Morgan fingerprint density at radius 1 is 1.14 bits per heavy atom. The Hall–Kier alpha value is -1.36. The molecule has 1 atom stereocenters. The third kappa shape index (κ3) is 4.30. The van der Waals surface area contributed by atoms with Gasteiger partial charge in [0.1, 0.15) is 17.5 Å². The van der Waals surface area contributed by atoms with Gasteiger partial charge in [-0.3, -0.25) is 0 Å². The molecule has 1 aliphatic rings. The summed E-state index contributed by atoms with van der Waals surface area (Å²) in [5.41, 5.74) is 1.11. The largest absolute Gasteiger partial charge is 0.370 e. The molecule has 0 saturated carbocycles. The lowest BCUT2D eigenvalue weighted by Gasteiger charge is -2.23. The van der Waals surface area contributed by atoms with Crippen molar-refractivity contribution in [3.05, 3.63) is 11.4 Å². The molecule has 1 aromatic heterocycles. The van der Waals surface area contributed by atoms with Gasteiger partial charge in [0.25, 0.3) is 0 Å². The summed E-state index contributed by atoms with van der Waals surface area (Å²) >= 11 is 0. The first-order chi connectivity index (χ1) is 10.1. The van der Waals surface area contributed by atoms with Crippen LogP contribution >= 0.6 is 0 Å². The highest BCUT2D eigenvalue weighted by molar-refractivity contribution is 5.57. The number of aryl methyl sites for hydroxylation is 1. The van der Waals surface area contributed by atoms with Gasteiger partial charge in [-0.15, -0.1) is 0 Å². The fourth-order valence-corrected chi connectivity index (χ4v) is 2.83. The number of hydrogen-bond donors (Lipinski definition) is 2. The molecule has 118 valence electrons. The molecule has 1 saturated heterocycles. The van der Waals surface area contributed by atoms with Crippen molar-refractivity contribution in [1.82, 2.24) is 14.9 Å². The lowest BCUT2D eigenvalue weighted by atomic mass is 10.2. The molecule has 0 amide bonds. The highest BCUT2D eigenvalue weighted by atomic mass is 15.2. The smallest absolute Gasteiger partial charge is 0.135 e. The second-order valence-electron chi connectivity index (χ2n) is 5.90. The van der Waals surface area contributed by atoms with E-state index in [1.807, 2.05) is 0 Å². The van der Waals surface area contributed by atoms with Crippen LogP contribution < -0.4 is 10.6 Å². The molecule has 21 heavy (non-hydrogen) atoms.